The summed E-state index contributed by atoms with van der Waals surface area (Å²) in [7, 11) is 0. The number of aliphatic hydroxyl groups excluding tert-OH is 1. The Morgan fingerprint density at radius 2 is 2.00 bits per heavy atom. The Hall–Kier alpha value is -0.120. The highest BCUT2D eigenvalue weighted by Gasteiger charge is 2.29. The summed E-state index contributed by atoms with van der Waals surface area (Å²) >= 11 is 0. The van der Waals surface area contributed by atoms with Gasteiger partial charge in [-0.1, -0.05) is 20.3 Å². The minimum Gasteiger partial charge on any atom is -0.392 e. The van der Waals surface area contributed by atoms with Crippen molar-refractivity contribution in [3.05, 3.63) is 0 Å². The largest absolute Gasteiger partial charge is 0.392 e. The average molecular weight is 175 g/mol. The molecule has 0 aliphatic rings. The van der Waals surface area contributed by atoms with Crippen LogP contribution in [0.3, 0.4) is 0 Å². The zero-order chi connectivity index (χ0) is 9.78. The topological polar surface area (TPSA) is 66.5 Å². The normalized spacial score (nSPS) is 21.5. The van der Waals surface area contributed by atoms with Crippen molar-refractivity contribution in [2.24, 2.45) is 11.7 Å². The Kier molecular flexibility index (Phi) is 4.75. The molecule has 4 N–H and O–H groups in total. The van der Waals surface area contributed by atoms with Crippen molar-refractivity contribution >= 4 is 0 Å². The molecule has 0 aromatic heterocycles. The summed E-state index contributed by atoms with van der Waals surface area (Å²) in [5.74, 6) is 0.193. The summed E-state index contributed by atoms with van der Waals surface area (Å²) in [6.07, 6.45) is 0.678. The Morgan fingerprint density at radius 3 is 2.33 bits per heavy atom. The van der Waals surface area contributed by atoms with Gasteiger partial charge in [0.25, 0.3) is 0 Å². The molecule has 0 rings (SSSR count). The van der Waals surface area contributed by atoms with E-state index in [1.54, 1.807) is 6.92 Å². The zero-order valence-corrected chi connectivity index (χ0v) is 8.25. The van der Waals surface area contributed by atoms with Crippen LogP contribution in [0.2, 0.25) is 0 Å². The molecule has 0 spiro atoms. The predicted octanol–water partition coefficient (Wildman–Crippen LogP) is 0.493. The molecule has 12 heavy (non-hydrogen) atoms. The Bertz CT molecular complexity index is 126. The van der Waals surface area contributed by atoms with Crippen molar-refractivity contribution in [2.75, 3.05) is 6.54 Å². The monoisotopic (exact) mass is 175 g/mol. The number of hydrogen-bond acceptors (Lipinski definition) is 3. The van der Waals surface area contributed by atoms with E-state index < -0.39 is 11.7 Å². The van der Waals surface area contributed by atoms with Gasteiger partial charge in [0.05, 0.1) is 11.7 Å². The van der Waals surface area contributed by atoms with Crippen molar-refractivity contribution in [3.8, 4) is 0 Å². The van der Waals surface area contributed by atoms with Crippen molar-refractivity contribution in [3.63, 3.8) is 0 Å². The lowest BCUT2D eigenvalue weighted by molar-refractivity contribution is -0.0352. The van der Waals surface area contributed by atoms with Gasteiger partial charge in [-0.15, -0.1) is 0 Å². The highest BCUT2D eigenvalue weighted by molar-refractivity contribution is 4.81. The first kappa shape index (κ1) is 11.9. The lowest BCUT2D eigenvalue weighted by Gasteiger charge is -2.31. The van der Waals surface area contributed by atoms with Gasteiger partial charge in [-0.25, -0.2) is 0 Å². The van der Waals surface area contributed by atoms with Gasteiger partial charge in [0.1, 0.15) is 0 Å². The number of rotatable bonds is 5. The fourth-order valence-electron chi connectivity index (χ4n) is 1.20. The SMILES string of the molecule is CC[C@H](C)[C@](C)(O)C[C@@H](O)CN. The smallest absolute Gasteiger partial charge is 0.0689 e. The van der Waals surface area contributed by atoms with Crippen LogP contribution in [0.4, 0.5) is 0 Å². The second-order valence-electron chi connectivity index (χ2n) is 3.76. The summed E-state index contributed by atoms with van der Waals surface area (Å²) < 4.78 is 0. The van der Waals surface area contributed by atoms with E-state index in [0.717, 1.165) is 6.42 Å². The number of hydrogen-bond donors (Lipinski definition) is 3. The van der Waals surface area contributed by atoms with E-state index in [9.17, 15) is 10.2 Å². The van der Waals surface area contributed by atoms with Gasteiger partial charge in [-0.2, -0.15) is 0 Å². The van der Waals surface area contributed by atoms with Crippen LogP contribution in [-0.2, 0) is 0 Å². The quantitative estimate of drug-likeness (QED) is 0.570. The summed E-state index contributed by atoms with van der Waals surface area (Å²) in [5, 5.41) is 19.1. The first-order valence-corrected chi connectivity index (χ1v) is 4.54. The van der Waals surface area contributed by atoms with E-state index in [2.05, 4.69) is 0 Å². The molecule has 0 aliphatic heterocycles. The van der Waals surface area contributed by atoms with Gasteiger partial charge < -0.3 is 15.9 Å². The Labute approximate surface area is 74.6 Å². The van der Waals surface area contributed by atoms with Crippen LogP contribution < -0.4 is 5.73 Å². The summed E-state index contributed by atoms with van der Waals surface area (Å²) in [6, 6.07) is 0. The molecule has 3 atom stereocenters. The van der Waals surface area contributed by atoms with E-state index in [1.807, 2.05) is 13.8 Å². The first-order valence-electron chi connectivity index (χ1n) is 4.54. The maximum absolute atomic E-state index is 9.87. The fourth-order valence-corrected chi connectivity index (χ4v) is 1.20. The van der Waals surface area contributed by atoms with E-state index in [0.29, 0.717) is 6.42 Å². The molecule has 0 amide bonds. The van der Waals surface area contributed by atoms with Gasteiger partial charge in [0.2, 0.25) is 0 Å². The highest BCUT2D eigenvalue weighted by atomic mass is 16.3. The molecule has 0 heterocycles. The van der Waals surface area contributed by atoms with Gasteiger partial charge in [-0.05, 0) is 12.8 Å². The fraction of sp³-hybridized carbons (Fsp3) is 1.00. The number of aliphatic hydroxyl groups is 2. The van der Waals surface area contributed by atoms with Crippen LogP contribution in [0.15, 0.2) is 0 Å². The van der Waals surface area contributed by atoms with Crippen LogP contribution in [0, 0.1) is 5.92 Å². The van der Waals surface area contributed by atoms with E-state index in [4.69, 9.17) is 5.73 Å². The molecular weight excluding hydrogens is 154 g/mol. The van der Waals surface area contributed by atoms with Crippen LogP contribution in [0.1, 0.15) is 33.6 Å². The molecule has 74 valence electrons. The van der Waals surface area contributed by atoms with Gasteiger partial charge in [-0.3, -0.25) is 0 Å². The van der Waals surface area contributed by atoms with Gasteiger partial charge in [0, 0.05) is 13.0 Å². The van der Waals surface area contributed by atoms with Crippen molar-refractivity contribution in [1.82, 2.24) is 0 Å². The average Bonchev–Trinajstić information content (AvgIpc) is 2.02. The van der Waals surface area contributed by atoms with Crippen molar-refractivity contribution in [2.45, 2.75) is 45.3 Å². The van der Waals surface area contributed by atoms with Crippen LogP contribution in [-0.4, -0.2) is 28.5 Å². The predicted molar refractivity (Wildman–Crippen MR) is 49.8 cm³/mol. The van der Waals surface area contributed by atoms with Crippen LogP contribution >= 0.6 is 0 Å². The molecule has 0 saturated heterocycles. The molecule has 3 nitrogen and oxygen atoms in total. The minimum atomic E-state index is -0.798. The molecule has 0 aromatic rings. The lowest BCUT2D eigenvalue weighted by Crippen LogP contribution is -2.38. The summed E-state index contributed by atoms with van der Waals surface area (Å²) in [6.45, 7) is 5.96. The van der Waals surface area contributed by atoms with E-state index in [1.165, 1.54) is 0 Å². The molecule has 0 aliphatic carbocycles. The Balaban J connectivity index is 4.02. The van der Waals surface area contributed by atoms with E-state index in [-0.39, 0.29) is 12.5 Å². The third-order valence-corrected chi connectivity index (χ3v) is 2.59. The second kappa shape index (κ2) is 4.80. The molecule has 0 aromatic carbocycles. The summed E-state index contributed by atoms with van der Waals surface area (Å²) in [5.41, 5.74) is 4.46. The van der Waals surface area contributed by atoms with Gasteiger partial charge in [0.15, 0.2) is 0 Å². The van der Waals surface area contributed by atoms with Gasteiger partial charge >= 0.3 is 0 Å². The van der Waals surface area contributed by atoms with Crippen molar-refractivity contribution in [1.29, 1.82) is 0 Å². The molecular formula is C9H21NO2. The maximum Gasteiger partial charge on any atom is 0.0689 e. The molecule has 0 fully saturated rings. The Morgan fingerprint density at radius 1 is 1.50 bits per heavy atom. The van der Waals surface area contributed by atoms with Crippen LogP contribution in [0.25, 0.3) is 0 Å². The zero-order valence-electron chi connectivity index (χ0n) is 8.25. The van der Waals surface area contributed by atoms with Crippen molar-refractivity contribution < 1.29 is 10.2 Å². The first-order chi connectivity index (χ1) is 5.44. The molecule has 0 unspecified atom stereocenters. The minimum absolute atomic E-state index is 0.193. The molecule has 3 heteroatoms. The second-order valence-corrected chi connectivity index (χ2v) is 3.76. The van der Waals surface area contributed by atoms with Crippen LogP contribution in [0.5, 0.6) is 0 Å². The molecule has 0 radical (unpaired) electrons. The summed E-state index contributed by atoms with van der Waals surface area (Å²) in [4.78, 5) is 0. The maximum atomic E-state index is 9.87. The molecule has 0 saturated carbocycles. The third-order valence-electron chi connectivity index (χ3n) is 2.59. The third kappa shape index (κ3) is 3.52. The number of nitrogens with two attached hydrogens (primary N) is 1. The molecule has 0 bridgehead atoms. The standard InChI is InChI=1S/C9H21NO2/c1-4-7(2)9(3,12)5-8(11)6-10/h7-8,11-12H,4-6,10H2,1-3H3/t7-,8+,9+/m0/s1. The highest BCUT2D eigenvalue weighted by Crippen LogP contribution is 2.24. The van der Waals surface area contributed by atoms with E-state index >= 15 is 0 Å². The lowest BCUT2D eigenvalue weighted by atomic mass is 9.84.